The van der Waals surface area contributed by atoms with E-state index >= 15 is 0 Å². The summed E-state index contributed by atoms with van der Waals surface area (Å²) in [7, 11) is 1.52. The van der Waals surface area contributed by atoms with E-state index in [0.717, 1.165) is 0 Å². The molecule has 0 saturated carbocycles. The molecule has 1 aromatic carbocycles. The minimum absolute atomic E-state index is 0.0671. The van der Waals surface area contributed by atoms with Gasteiger partial charge in [-0.2, -0.15) is 0 Å². The Kier molecular flexibility index (Phi) is 6.04. The van der Waals surface area contributed by atoms with Gasteiger partial charge in [0.05, 0.1) is 36.9 Å². The summed E-state index contributed by atoms with van der Waals surface area (Å²) in [6.07, 6.45) is 0. The van der Waals surface area contributed by atoms with Gasteiger partial charge in [-0.15, -0.1) is 0 Å². The van der Waals surface area contributed by atoms with Crippen LogP contribution in [0.25, 0.3) is 0 Å². The average molecular weight is 270 g/mol. The Bertz CT molecular complexity index is 425. The van der Waals surface area contributed by atoms with Gasteiger partial charge >= 0.3 is 0 Å². The Balaban J connectivity index is 2.94. The average Bonchev–Trinajstić information content (AvgIpc) is 2.38. The number of non-ortho nitro benzene ring substituents is 1. The molecule has 1 atom stereocenters. The number of benzene rings is 1. The van der Waals surface area contributed by atoms with Gasteiger partial charge in [0.25, 0.3) is 5.69 Å². The van der Waals surface area contributed by atoms with Gasteiger partial charge in [-0.3, -0.25) is 10.1 Å². The summed E-state index contributed by atoms with van der Waals surface area (Å²) in [5.74, 6) is 0.410. The quantitative estimate of drug-likeness (QED) is 0.548. The number of anilines is 1. The van der Waals surface area contributed by atoms with Crippen LogP contribution >= 0.6 is 0 Å². The first-order valence-electron chi connectivity index (χ1n) is 5.89. The number of aliphatic hydroxyl groups excluding tert-OH is 1. The summed E-state index contributed by atoms with van der Waals surface area (Å²) in [6.45, 7) is 2.37. The van der Waals surface area contributed by atoms with Gasteiger partial charge in [0.1, 0.15) is 5.75 Å². The van der Waals surface area contributed by atoms with Crippen LogP contribution in [0.5, 0.6) is 5.75 Å². The number of nitro groups is 1. The Morgan fingerprint density at radius 1 is 1.47 bits per heavy atom. The van der Waals surface area contributed by atoms with Crippen molar-refractivity contribution in [1.29, 1.82) is 0 Å². The van der Waals surface area contributed by atoms with Crippen molar-refractivity contribution in [3.63, 3.8) is 0 Å². The number of hydrogen-bond donors (Lipinski definition) is 2. The molecule has 0 saturated heterocycles. The minimum Gasteiger partial charge on any atom is -0.494 e. The monoisotopic (exact) mass is 270 g/mol. The van der Waals surface area contributed by atoms with E-state index in [1.54, 1.807) is 13.0 Å². The van der Waals surface area contributed by atoms with Crippen molar-refractivity contribution in [2.24, 2.45) is 0 Å². The zero-order valence-corrected chi connectivity index (χ0v) is 11.0. The lowest BCUT2D eigenvalue weighted by Crippen LogP contribution is -2.28. The zero-order valence-electron chi connectivity index (χ0n) is 11.0. The maximum Gasteiger partial charge on any atom is 0.275 e. The fourth-order valence-electron chi connectivity index (χ4n) is 1.60. The predicted molar refractivity (Wildman–Crippen MR) is 70.6 cm³/mol. The molecule has 19 heavy (non-hydrogen) atoms. The summed E-state index contributed by atoms with van der Waals surface area (Å²) >= 11 is 0. The van der Waals surface area contributed by atoms with Crippen molar-refractivity contribution in [2.75, 3.05) is 32.2 Å². The molecular formula is C12H18N2O5. The zero-order chi connectivity index (χ0) is 14.3. The molecule has 0 aliphatic rings. The first-order valence-corrected chi connectivity index (χ1v) is 5.89. The number of ether oxygens (including phenoxy) is 2. The van der Waals surface area contributed by atoms with E-state index in [2.05, 4.69) is 5.32 Å². The van der Waals surface area contributed by atoms with Crippen LogP contribution in [-0.2, 0) is 4.74 Å². The maximum absolute atomic E-state index is 10.8. The Hall–Kier alpha value is -1.86. The fourth-order valence-corrected chi connectivity index (χ4v) is 1.60. The number of hydrogen-bond acceptors (Lipinski definition) is 6. The van der Waals surface area contributed by atoms with Crippen LogP contribution in [0.2, 0.25) is 0 Å². The minimum atomic E-state index is -0.488. The molecule has 0 aliphatic heterocycles. The highest BCUT2D eigenvalue weighted by atomic mass is 16.6. The molecule has 1 aromatic rings. The molecule has 0 heterocycles. The molecule has 0 fully saturated rings. The smallest absolute Gasteiger partial charge is 0.275 e. The normalized spacial score (nSPS) is 11.9. The molecule has 106 valence electrons. The van der Waals surface area contributed by atoms with Crippen molar-refractivity contribution >= 4 is 11.4 Å². The van der Waals surface area contributed by atoms with E-state index in [-0.39, 0.29) is 18.3 Å². The van der Waals surface area contributed by atoms with Gasteiger partial charge in [-0.05, 0) is 6.92 Å². The van der Waals surface area contributed by atoms with E-state index < -0.39 is 4.92 Å². The molecule has 0 amide bonds. The first-order chi connectivity index (χ1) is 9.10. The molecule has 0 aromatic heterocycles. The third-order valence-corrected chi connectivity index (χ3v) is 2.37. The van der Waals surface area contributed by atoms with Gasteiger partial charge in [-0.1, -0.05) is 0 Å². The maximum atomic E-state index is 10.8. The molecule has 1 rings (SSSR count). The fraction of sp³-hybridized carbons (Fsp3) is 0.500. The van der Waals surface area contributed by atoms with Crippen molar-refractivity contribution in [1.82, 2.24) is 0 Å². The largest absolute Gasteiger partial charge is 0.494 e. The Labute approximate surface area is 111 Å². The van der Waals surface area contributed by atoms with Crippen molar-refractivity contribution < 1.29 is 19.5 Å². The van der Waals surface area contributed by atoms with Gasteiger partial charge in [0.15, 0.2) is 0 Å². The van der Waals surface area contributed by atoms with Crippen LogP contribution in [-0.4, -0.2) is 43.0 Å². The lowest BCUT2D eigenvalue weighted by atomic mass is 10.2. The second-order valence-corrected chi connectivity index (χ2v) is 3.88. The molecule has 7 nitrogen and oxygen atoms in total. The standard InChI is InChI=1S/C12H18N2O5/c1-3-19-12-5-9(4-11(6-12)14(16)17)13-10(7-15)8-18-2/h4-6,10,13,15H,3,7-8H2,1-2H3. The molecule has 0 radical (unpaired) electrons. The molecule has 1 unspecified atom stereocenters. The number of aliphatic hydroxyl groups is 1. The molecular weight excluding hydrogens is 252 g/mol. The lowest BCUT2D eigenvalue weighted by molar-refractivity contribution is -0.384. The number of nitrogens with zero attached hydrogens (tertiary/aromatic N) is 1. The van der Waals surface area contributed by atoms with E-state index in [9.17, 15) is 10.1 Å². The lowest BCUT2D eigenvalue weighted by Gasteiger charge is -2.17. The second kappa shape index (κ2) is 7.55. The summed E-state index contributed by atoms with van der Waals surface area (Å²) < 4.78 is 10.2. The van der Waals surface area contributed by atoms with Crippen LogP contribution in [0.1, 0.15) is 6.92 Å². The van der Waals surface area contributed by atoms with Crippen LogP contribution in [0.3, 0.4) is 0 Å². The number of methoxy groups -OCH3 is 1. The summed E-state index contributed by atoms with van der Waals surface area (Å²) in [4.78, 5) is 10.4. The third-order valence-electron chi connectivity index (χ3n) is 2.37. The molecule has 7 heteroatoms. The first kappa shape index (κ1) is 15.2. The molecule has 0 bridgehead atoms. The predicted octanol–water partition coefficient (Wildman–Crippen LogP) is 1.41. The highest BCUT2D eigenvalue weighted by molar-refractivity contribution is 5.56. The van der Waals surface area contributed by atoms with Gasteiger partial charge in [-0.25, -0.2) is 0 Å². The van der Waals surface area contributed by atoms with Crippen LogP contribution in [0.15, 0.2) is 18.2 Å². The van der Waals surface area contributed by atoms with E-state index in [0.29, 0.717) is 24.7 Å². The molecule has 0 spiro atoms. The highest BCUT2D eigenvalue weighted by Crippen LogP contribution is 2.26. The van der Waals surface area contributed by atoms with Crippen LogP contribution in [0, 0.1) is 10.1 Å². The molecule has 2 N–H and O–H groups in total. The third kappa shape index (κ3) is 4.72. The second-order valence-electron chi connectivity index (χ2n) is 3.88. The topological polar surface area (TPSA) is 93.9 Å². The van der Waals surface area contributed by atoms with Crippen molar-refractivity contribution in [3.05, 3.63) is 28.3 Å². The number of nitro benzene ring substituents is 1. The van der Waals surface area contributed by atoms with Crippen molar-refractivity contribution in [2.45, 2.75) is 13.0 Å². The van der Waals surface area contributed by atoms with Crippen molar-refractivity contribution in [3.8, 4) is 5.75 Å². The van der Waals surface area contributed by atoms with Gasteiger partial charge in [0.2, 0.25) is 0 Å². The molecule has 0 aliphatic carbocycles. The highest BCUT2D eigenvalue weighted by Gasteiger charge is 2.13. The van der Waals surface area contributed by atoms with Crippen LogP contribution < -0.4 is 10.1 Å². The van der Waals surface area contributed by atoms with E-state index in [1.807, 2.05) is 0 Å². The van der Waals surface area contributed by atoms with E-state index in [4.69, 9.17) is 14.6 Å². The summed E-state index contributed by atoms with van der Waals surface area (Å²) in [5.41, 5.74) is 0.441. The van der Waals surface area contributed by atoms with Gasteiger partial charge in [0, 0.05) is 24.9 Å². The summed E-state index contributed by atoms with van der Waals surface area (Å²) in [6, 6.07) is 4.07. The van der Waals surface area contributed by atoms with Gasteiger partial charge < -0.3 is 19.9 Å². The Morgan fingerprint density at radius 2 is 2.21 bits per heavy atom. The SMILES string of the molecule is CCOc1cc(NC(CO)COC)cc([N+](=O)[O-])c1. The van der Waals surface area contributed by atoms with Crippen LogP contribution in [0.4, 0.5) is 11.4 Å². The summed E-state index contributed by atoms with van der Waals surface area (Å²) in [5, 5.41) is 23.0. The number of rotatable bonds is 8. The Morgan fingerprint density at radius 3 is 2.74 bits per heavy atom. The van der Waals surface area contributed by atoms with E-state index in [1.165, 1.54) is 19.2 Å². The number of nitrogens with one attached hydrogen (secondary N) is 1.